The zero-order valence-corrected chi connectivity index (χ0v) is 11.9. The van der Waals surface area contributed by atoms with Gasteiger partial charge in [0, 0.05) is 0 Å². The van der Waals surface area contributed by atoms with Gasteiger partial charge in [0.05, 0.1) is 0 Å². The van der Waals surface area contributed by atoms with E-state index in [-0.39, 0.29) is 0 Å². The van der Waals surface area contributed by atoms with E-state index in [0.29, 0.717) is 0 Å². The summed E-state index contributed by atoms with van der Waals surface area (Å²) in [4.78, 5) is 0. The van der Waals surface area contributed by atoms with E-state index in [4.69, 9.17) is 0 Å². The fourth-order valence-corrected chi connectivity index (χ4v) is 1.88. The molecule has 0 aliphatic rings. The van der Waals surface area contributed by atoms with Gasteiger partial charge in [-0.25, -0.2) is 0 Å². The van der Waals surface area contributed by atoms with Crippen LogP contribution in [0.2, 0.25) is 0 Å². The fourth-order valence-electron chi connectivity index (χ4n) is 1.88. The lowest BCUT2D eigenvalue weighted by molar-refractivity contribution is 0.680. The van der Waals surface area contributed by atoms with Gasteiger partial charge in [-0.3, -0.25) is 0 Å². The molecule has 0 N–H and O–H groups in total. The average molecular weight is 234 g/mol. The van der Waals surface area contributed by atoms with E-state index in [1.165, 1.54) is 56.9 Å². The summed E-state index contributed by atoms with van der Waals surface area (Å²) in [6, 6.07) is 0. The lowest BCUT2D eigenvalue weighted by atomic mass is 10.0. The van der Waals surface area contributed by atoms with Gasteiger partial charge in [0.25, 0.3) is 0 Å². The molecule has 0 radical (unpaired) electrons. The third kappa shape index (κ3) is 11.5. The monoisotopic (exact) mass is 234 g/mol. The molecule has 0 saturated carbocycles. The molecule has 0 unspecified atom stereocenters. The van der Waals surface area contributed by atoms with Crippen molar-refractivity contribution in [3.05, 3.63) is 36.5 Å². The molecule has 17 heavy (non-hydrogen) atoms. The first kappa shape index (κ1) is 16.2. The standard InChI is InChI=1S/C17H30/c1-5-7-10-14-17(4)15-12-9-8-11-13-16(3)6-2/h6,15H,2-3,5,7-14H2,1,4H3. The highest BCUT2D eigenvalue weighted by atomic mass is 14.0. The van der Waals surface area contributed by atoms with Gasteiger partial charge in [0.15, 0.2) is 0 Å². The molecular weight excluding hydrogens is 204 g/mol. The van der Waals surface area contributed by atoms with Crippen LogP contribution in [0.3, 0.4) is 0 Å². The van der Waals surface area contributed by atoms with Crippen LogP contribution in [-0.2, 0) is 0 Å². The number of unbranched alkanes of at least 4 members (excludes halogenated alkanes) is 5. The summed E-state index contributed by atoms with van der Waals surface area (Å²) < 4.78 is 0. The summed E-state index contributed by atoms with van der Waals surface area (Å²) in [5.74, 6) is 0. The van der Waals surface area contributed by atoms with Crippen molar-refractivity contribution in [1.82, 2.24) is 0 Å². The van der Waals surface area contributed by atoms with Crippen molar-refractivity contribution in [2.75, 3.05) is 0 Å². The van der Waals surface area contributed by atoms with Crippen LogP contribution >= 0.6 is 0 Å². The van der Waals surface area contributed by atoms with Crippen molar-refractivity contribution in [1.29, 1.82) is 0 Å². The third-order valence-corrected chi connectivity index (χ3v) is 3.16. The molecule has 0 nitrogen and oxygen atoms in total. The summed E-state index contributed by atoms with van der Waals surface area (Å²) in [5.41, 5.74) is 2.75. The Morgan fingerprint density at radius 1 is 1.00 bits per heavy atom. The molecule has 0 aromatic rings. The Hall–Kier alpha value is -0.780. The lowest BCUT2D eigenvalue weighted by Gasteiger charge is -2.02. The summed E-state index contributed by atoms with van der Waals surface area (Å²) in [6.45, 7) is 12.2. The van der Waals surface area contributed by atoms with E-state index < -0.39 is 0 Å². The largest absolute Gasteiger partial charge is 0.0988 e. The molecule has 0 spiro atoms. The zero-order chi connectivity index (χ0) is 12.9. The number of hydrogen-bond donors (Lipinski definition) is 0. The highest BCUT2D eigenvalue weighted by Crippen LogP contribution is 2.12. The highest BCUT2D eigenvalue weighted by Gasteiger charge is 1.92. The van der Waals surface area contributed by atoms with Gasteiger partial charge >= 0.3 is 0 Å². The maximum atomic E-state index is 3.93. The Morgan fingerprint density at radius 2 is 1.71 bits per heavy atom. The van der Waals surface area contributed by atoms with E-state index in [9.17, 15) is 0 Å². The normalized spacial score (nSPS) is 11.5. The van der Waals surface area contributed by atoms with Gasteiger partial charge in [-0.15, -0.1) is 0 Å². The van der Waals surface area contributed by atoms with Crippen LogP contribution in [0.5, 0.6) is 0 Å². The molecule has 0 amide bonds. The summed E-state index contributed by atoms with van der Waals surface area (Å²) in [7, 11) is 0. The quantitative estimate of drug-likeness (QED) is 0.227. The second-order valence-electron chi connectivity index (χ2n) is 4.97. The molecule has 0 saturated heterocycles. The molecule has 0 aromatic heterocycles. The molecule has 0 rings (SSSR count). The van der Waals surface area contributed by atoms with Gasteiger partial charge < -0.3 is 0 Å². The van der Waals surface area contributed by atoms with Crippen LogP contribution in [0.25, 0.3) is 0 Å². The van der Waals surface area contributed by atoms with Gasteiger partial charge in [-0.1, -0.05) is 62.6 Å². The van der Waals surface area contributed by atoms with Crippen LogP contribution in [-0.4, -0.2) is 0 Å². The van der Waals surface area contributed by atoms with Crippen LogP contribution in [0.4, 0.5) is 0 Å². The van der Waals surface area contributed by atoms with Crippen molar-refractivity contribution in [3.8, 4) is 0 Å². The van der Waals surface area contributed by atoms with Crippen molar-refractivity contribution >= 4 is 0 Å². The zero-order valence-electron chi connectivity index (χ0n) is 11.9. The number of allylic oxidation sites excluding steroid dienone is 4. The fraction of sp³-hybridized carbons (Fsp3) is 0.647. The number of rotatable bonds is 11. The Bertz CT molecular complexity index is 232. The topological polar surface area (TPSA) is 0 Å². The van der Waals surface area contributed by atoms with Gasteiger partial charge in [-0.2, -0.15) is 0 Å². The minimum atomic E-state index is 1.11. The first-order valence-electron chi connectivity index (χ1n) is 7.16. The molecule has 0 bridgehead atoms. The molecule has 0 aromatic carbocycles. The van der Waals surface area contributed by atoms with E-state index >= 15 is 0 Å². The minimum Gasteiger partial charge on any atom is -0.0988 e. The maximum absolute atomic E-state index is 3.93. The number of hydrogen-bond acceptors (Lipinski definition) is 0. The Balaban J connectivity index is 3.39. The van der Waals surface area contributed by atoms with E-state index in [2.05, 4.69) is 33.1 Å². The van der Waals surface area contributed by atoms with E-state index in [0.717, 1.165) is 6.42 Å². The Kier molecular flexibility index (Phi) is 11.2. The van der Waals surface area contributed by atoms with Gasteiger partial charge in [0.2, 0.25) is 0 Å². The second-order valence-corrected chi connectivity index (χ2v) is 4.97. The maximum Gasteiger partial charge on any atom is -0.0285 e. The molecule has 0 aliphatic heterocycles. The van der Waals surface area contributed by atoms with Crippen LogP contribution in [0.1, 0.15) is 71.6 Å². The third-order valence-electron chi connectivity index (χ3n) is 3.16. The van der Waals surface area contributed by atoms with Crippen molar-refractivity contribution in [2.24, 2.45) is 0 Å². The summed E-state index contributed by atoms with van der Waals surface area (Å²) >= 11 is 0. The second kappa shape index (κ2) is 11.7. The minimum absolute atomic E-state index is 1.11. The van der Waals surface area contributed by atoms with Gasteiger partial charge in [-0.05, 0) is 45.4 Å². The van der Waals surface area contributed by atoms with Crippen molar-refractivity contribution < 1.29 is 0 Å². The Morgan fingerprint density at radius 3 is 2.35 bits per heavy atom. The van der Waals surface area contributed by atoms with Crippen LogP contribution in [0, 0.1) is 0 Å². The first-order chi connectivity index (χ1) is 8.20. The summed E-state index contributed by atoms with van der Waals surface area (Å²) in [6.07, 6.45) is 15.9. The molecule has 0 fully saturated rings. The Labute approximate surface area is 109 Å². The SMILES string of the molecule is C=CC(=C)CCCCCC=C(C)CCCCC. The van der Waals surface area contributed by atoms with E-state index in [1.54, 1.807) is 5.57 Å². The van der Waals surface area contributed by atoms with Crippen molar-refractivity contribution in [3.63, 3.8) is 0 Å². The molecule has 98 valence electrons. The molecule has 0 heterocycles. The summed E-state index contributed by atoms with van der Waals surface area (Å²) in [5, 5.41) is 0. The molecule has 0 heteroatoms. The average Bonchev–Trinajstić information content (AvgIpc) is 2.33. The van der Waals surface area contributed by atoms with Crippen LogP contribution in [0.15, 0.2) is 36.5 Å². The van der Waals surface area contributed by atoms with E-state index in [1.807, 2.05) is 6.08 Å². The van der Waals surface area contributed by atoms with Crippen LogP contribution < -0.4 is 0 Å². The lowest BCUT2D eigenvalue weighted by Crippen LogP contribution is -1.82. The van der Waals surface area contributed by atoms with Gasteiger partial charge in [0.1, 0.15) is 0 Å². The molecular formula is C17H30. The van der Waals surface area contributed by atoms with Crippen molar-refractivity contribution in [2.45, 2.75) is 71.6 Å². The predicted molar refractivity (Wildman–Crippen MR) is 80.3 cm³/mol. The predicted octanol–water partition coefficient (Wildman–Crippen LogP) is 6.21. The smallest absolute Gasteiger partial charge is 0.0285 e. The highest BCUT2D eigenvalue weighted by molar-refractivity contribution is 5.10. The molecule has 0 aliphatic carbocycles. The first-order valence-corrected chi connectivity index (χ1v) is 7.16. The molecule has 0 atom stereocenters.